The van der Waals surface area contributed by atoms with Gasteiger partial charge < -0.3 is 10.6 Å². The Morgan fingerprint density at radius 2 is 2.10 bits per heavy atom. The lowest BCUT2D eigenvalue weighted by molar-refractivity contribution is 0.221. The molecule has 0 saturated carbocycles. The van der Waals surface area contributed by atoms with Gasteiger partial charge in [-0.2, -0.15) is 0 Å². The standard InChI is InChI=1S/C15H16ClFN4/c1-15(2,17)10-3-11(16)5-12(4-10)20-14-19-7-9-6-18-8-13(9)21-14/h3-5,7,18H,6,8H2,1-2H3,(H,19,20,21). The Kier molecular flexibility index (Phi) is 3.55. The van der Waals surface area contributed by atoms with Crippen LogP contribution in [0.25, 0.3) is 0 Å². The van der Waals surface area contributed by atoms with Gasteiger partial charge in [0, 0.05) is 35.6 Å². The molecule has 21 heavy (non-hydrogen) atoms. The lowest BCUT2D eigenvalue weighted by Crippen LogP contribution is -2.09. The average molecular weight is 307 g/mol. The number of alkyl halides is 1. The highest BCUT2D eigenvalue weighted by Crippen LogP contribution is 2.30. The number of nitrogens with zero attached hydrogens (tertiary/aromatic N) is 2. The molecule has 0 fully saturated rings. The van der Waals surface area contributed by atoms with E-state index < -0.39 is 5.67 Å². The first-order valence-electron chi connectivity index (χ1n) is 6.74. The zero-order valence-corrected chi connectivity index (χ0v) is 12.6. The van der Waals surface area contributed by atoms with Crippen molar-refractivity contribution in [2.75, 3.05) is 5.32 Å². The molecule has 110 valence electrons. The highest BCUT2D eigenvalue weighted by molar-refractivity contribution is 6.31. The lowest BCUT2D eigenvalue weighted by Gasteiger charge is -2.16. The zero-order chi connectivity index (χ0) is 15.0. The third-order valence-corrected chi connectivity index (χ3v) is 3.62. The molecule has 3 rings (SSSR count). The lowest BCUT2D eigenvalue weighted by atomic mass is 10.00. The Hall–Kier alpha value is -1.72. The third-order valence-electron chi connectivity index (χ3n) is 3.40. The fourth-order valence-electron chi connectivity index (χ4n) is 2.25. The van der Waals surface area contributed by atoms with Crippen molar-refractivity contribution in [1.29, 1.82) is 0 Å². The highest BCUT2D eigenvalue weighted by Gasteiger charge is 2.20. The van der Waals surface area contributed by atoms with Gasteiger partial charge in [0.25, 0.3) is 0 Å². The number of nitrogens with one attached hydrogen (secondary N) is 2. The van der Waals surface area contributed by atoms with Crippen LogP contribution in [0.2, 0.25) is 5.02 Å². The zero-order valence-electron chi connectivity index (χ0n) is 11.9. The van der Waals surface area contributed by atoms with E-state index in [0.717, 1.165) is 24.3 Å². The normalized spacial score (nSPS) is 14.1. The van der Waals surface area contributed by atoms with E-state index >= 15 is 0 Å². The van der Waals surface area contributed by atoms with Gasteiger partial charge in [0.2, 0.25) is 5.95 Å². The predicted molar refractivity (Wildman–Crippen MR) is 81.4 cm³/mol. The van der Waals surface area contributed by atoms with Crippen LogP contribution in [0.5, 0.6) is 0 Å². The van der Waals surface area contributed by atoms with Gasteiger partial charge in [-0.25, -0.2) is 14.4 Å². The van der Waals surface area contributed by atoms with Crippen LogP contribution in [-0.2, 0) is 18.8 Å². The molecule has 0 amide bonds. The van der Waals surface area contributed by atoms with Crippen LogP contribution in [0.4, 0.5) is 16.0 Å². The van der Waals surface area contributed by atoms with Crippen molar-refractivity contribution in [3.63, 3.8) is 0 Å². The minimum Gasteiger partial charge on any atom is -0.324 e. The van der Waals surface area contributed by atoms with Gasteiger partial charge in [0.15, 0.2) is 0 Å². The van der Waals surface area contributed by atoms with E-state index in [4.69, 9.17) is 11.6 Å². The molecule has 2 heterocycles. The number of aromatic nitrogens is 2. The molecule has 1 aliphatic heterocycles. The fourth-order valence-corrected chi connectivity index (χ4v) is 2.49. The van der Waals surface area contributed by atoms with Gasteiger partial charge in [-0.05, 0) is 37.6 Å². The molecule has 0 radical (unpaired) electrons. The van der Waals surface area contributed by atoms with Crippen molar-refractivity contribution in [3.8, 4) is 0 Å². The molecule has 4 nitrogen and oxygen atoms in total. The molecule has 1 aromatic heterocycles. The van der Waals surface area contributed by atoms with Crippen LogP contribution in [0.1, 0.15) is 30.7 Å². The van der Waals surface area contributed by atoms with Crippen molar-refractivity contribution in [3.05, 3.63) is 46.2 Å². The molecule has 0 atom stereocenters. The second-order valence-corrected chi connectivity index (χ2v) is 6.03. The van der Waals surface area contributed by atoms with E-state index in [1.54, 1.807) is 24.4 Å². The smallest absolute Gasteiger partial charge is 0.227 e. The predicted octanol–water partition coefficient (Wildman–Crippen LogP) is 3.68. The van der Waals surface area contributed by atoms with Gasteiger partial charge >= 0.3 is 0 Å². The van der Waals surface area contributed by atoms with Gasteiger partial charge in [-0.3, -0.25) is 0 Å². The quantitative estimate of drug-likeness (QED) is 0.908. The van der Waals surface area contributed by atoms with Crippen LogP contribution in [0, 0.1) is 0 Å². The summed E-state index contributed by atoms with van der Waals surface area (Å²) in [5.74, 6) is 0.488. The second kappa shape index (κ2) is 5.24. The maximum Gasteiger partial charge on any atom is 0.227 e. The van der Waals surface area contributed by atoms with Crippen LogP contribution >= 0.6 is 11.6 Å². The van der Waals surface area contributed by atoms with Gasteiger partial charge in [-0.1, -0.05) is 11.6 Å². The Morgan fingerprint density at radius 3 is 2.86 bits per heavy atom. The number of hydrogen-bond donors (Lipinski definition) is 2. The molecule has 2 N–H and O–H groups in total. The fraction of sp³-hybridized carbons (Fsp3) is 0.333. The second-order valence-electron chi connectivity index (χ2n) is 5.60. The summed E-state index contributed by atoms with van der Waals surface area (Å²) in [6.45, 7) is 4.54. The maximum absolute atomic E-state index is 14.1. The molecule has 0 unspecified atom stereocenters. The average Bonchev–Trinajstić information content (AvgIpc) is 2.84. The first-order chi connectivity index (χ1) is 9.91. The molecular formula is C15H16ClFN4. The number of halogens is 2. The van der Waals surface area contributed by atoms with Crippen LogP contribution in [-0.4, -0.2) is 9.97 Å². The third kappa shape index (κ3) is 3.14. The van der Waals surface area contributed by atoms with Crippen LogP contribution < -0.4 is 10.6 Å². The monoisotopic (exact) mass is 306 g/mol. The van der Waals surface area contributed by atoms with Gasteiger partial charge in [0.05, 0.1) is 5.69 Å². The number of anilines is 2. The van der Waals surface area contributed by atoms with E-state index in [1.807, 2.05) is 0 Å². The summed E-state index contributed by atoms with van der Waals surface area (Å²) in [6.07, 6.45) is 1.80. The van der Waals surface area contributed by atoms with Crippen molar-refractivity contribution in [2.45, 2.75) is 32.6 Å². The van der Waals surface area contributed by atoms with E-state index in [-0.39, 0.29) is 0 Å². The number of hydrogen-bond acceptors (Lipinski definition) is 4. The largest absolute Gasteiger partial charge is 0.324 e. The molecule has 0 saturated heterocycles. The summed E-state index contributed by atoms with van der Waals surface area (Å²) in [7, 11) is 0. The SMILES string of the molecule is CC(C)(F)c1cc(Cl)cc(Nc2ncc3c(n2)CNC3)c1. The minimum absolute atomic E-state index is 0.476. The van der Waals surface area contributed by atoms with E-state index in [2.05, 4.69) is 20.6 Å². The summed E-state index contributed by atoms with van der Waals surface area (Å²) < 4.78 is 14.1. The van der Waals surface area contributed by atoms with Crippen molar-refractivity contribution in [2.24, 2.45) is 0 Å². The topological polar surface area (TPSA) is 49.8 Å². The van der Waals surface area contributed by atoms with Crippen LogP contribution in [0.15, 0.2) is 24.4 Å². The summed E-state index contributed by atoms with van der Waals surface area (Å²) >= 11 is 6.06. The summed E-state index contributed by atoms with van der Waals surface area (Å²) in [5, 5.41) is 6.78. The number of rotatable bonds is 3. The van der Waals surface area contributed by atoms with E-state index in [9.17, 15) is 4.39 Å². The number of benzene rings is 1. The molecule has 1 aromatic carbocycles. The molecular weight excluding hydrogens is 291 g/mol. The maximum atomic E-state index is 14.1. The number of fused-ring (bicyclic) bond motifs is 1. The summed E-state index contributed by atoms with van der Waals surface area (Å²) in [5.41, 5.74) is 1.83. The Morgan fingerprint density at radius 1 is 1.29 bits per heavy atom. The van der Waals surface area contributed by atoms with Gasteiger partial charge in [-0.15, -0.1) is 0 Å². The Labute approximate surface area is 127 Å². The molecule has 2 aromatic rings. The van der Waals surface area contributed by atoms with Crippen LogP contribution in [0.3, 0.4) is 0 Å². The van der Waals surface area contributed by atoms with Crippen molar-refractivity contribution >= 4 is 23.2 Å². The Balaban J connectivity index is 1.89. The first kappa shape index (κ1) is 14.2. The van der Waals surface area contributed by atoms with Crippen molar-refractivity contribution < 1.29 is 4.39 Å². The van der Waals surface area contributed by atoms with Crippen molar-refractivity contribution in [1.82, 2.24) is 15.3 Å². The van der Waals surface area contributed by atoms with Gasteiger partial charge in [0.1, 0.15) is 5.67 Å². The molecule has 0 aliphatic carbocycles. The molecule has 0 bridgehead atoms. The summed E-state index contributed by atoms with van der Waals surface area (Å²) in [4.78, 5) is 8.72. The summed E-state index contributed by atoms with van der Waals surface area (Å²) in [6, 6.07) is 5.08. The highest BCUT2D eigenvalue weighted by atomic mass is 35.5. The first-order valence-corrected chi connectivity index (χ1v) is 7.12. The van der Waals surface area contributed by atoms with E-state index in [1.165, 1.54) is 13.8 Å². The van der Waals surface area contributed by atoms with E-state index in [0.29, 0.717) is 22.2 Å². The minimum atomic E-state index is -1.45. The molecule has 6 heteroatoms. The Bertz CT molecular complexity index is 682. The molecule has 0 spiro atoms. The molecule has 1 aliphatic rings.